The molecule has 7 heteroatoms. The number of carbonyl (C=O) groups is 1. The van der Waals surface area contributed by atoms with E-state index >= 15 is 0 Å². The van der Waals surface area contributed by atoms with Crippen LogP contribution in [-0.2, 0) is 13.0 Å². The van der Waals surface area contributed by atoms with Crippen LogP contribution in [0.25, 0.3) is 10.8 Å². The molecule has 4 rings (SSSR count). The predicted octanol–water partition coefficient (Wildman–Crippen LogP) is 4.75. The van der Waals surface area contributed by atoms with Gasteiger partial charge in [0.25, 0.3) is 5.91 Å². The minimum atomic E-state index is -1.07. The van der Waals surface area contributed by atoms with Crippen LogP contribution in [0.5, 0.6) is 0 Å². The predicted molar refractivity (Wildman–Crippen MR) is 129 cm³/mol. The van der Waals surface area contributed by atoms with Crippen LogP contribution in [0.4, 0.5) is 13.2 Å². The molecule has 1 amide bonds. The quantitative estimate of drug-likeness (QED) is 0.325. The van der Waals surface area contributed by atoms with Crippen LogP contribution < -0.4 is 10.6 Å². The van der Waals surface area contributed by atoms with Crippen molar-refractivity contribution < 1.29 is 23.1 Å². The number of benzene rings is 4. The molecule has 3 N–H and O–H groups in total. The van der Waals surface area contributed by atoms with Crippen LogP contribution in [0.1, 0.15) is 21.5 Å². The maximum Gasteiger partial charge on any atom is 0.252 e. The van der Waals surface area contributed by atoms with E-state index in [1.807, 2.05) is 30.3 Å². The molecule has 0 saturated carbocycles. The summed E-state index contributed by atoms with van der Waals surface area (Å²) in [7, 11) is 0. The average molecular weight is 479 g/mol. The average Bonchev–Trinajstić information content (AvgIpc) is 2.84. The molecule has 0 heterocycles. The summed E-state index contributed by atoms with van der Waals surface area (Å²) in [6.07, 6.45) is -1.08. The molecule has 0 bridgehead atoms. The van der Waals surface area contributed by atoms with Gasteiger partial charge in [0, 0.05) is 30.1 Å². The molecule has 0 radical (unpaired) electrons. The van der Waals surface area contributed by atoms with Gasteiger partial charge in [-0.2, -0.15) is 0 Å². The lowest BCUT2D eigenvalue weighted by Crippen LogP contribution is -2.48. The number of hydrogen-bond acceptors (Lipinski definition) is 3. The largest absolute Gasteiger partial charge is 0.390 e. The number of hydrogen-bond donors (Lipinski definition) is 3. The summed E-state index contributed by atoms with van der Waals surface area (Å²) in [5.74, 6) is -2.46. The van der Waals surface area contributed by atoms with Gasteiger partial charge in [0.05, 0.1) is 12.1 Å². The minimum Gasteiger partial charge on any atom is -0.390 e. The third kappa shape index (κ3) is 6.26. The van der Waals surface area contributed by atoms with Gasteiger partial charge in [-0.05, 0) is 47.2 Å². The molecular formula is C28H25F3N2O2. The van der Waals surface area contributed by atoms with E-state index in [-0.39, 0.29) is 18.5 Å². The maximum atomic E-state index is 14.2. The van der Waals surface area contributed by atoms with Crippen LogP contribution in [0, 0.1) is 17.5 Å². The molecule has 0 fully saturated rings. The molecule has 2 atom stereocenters. The van der Waals surface area contributed by atoms with Crippen molar-refractivity contribution in [1.29, 1.82) is 0 Å². The summed E-state index contributed by atoms with van der Waals surface area (Å²) in [5, 5.41) is 17.6. The summed E-state index contributed by atoms with van der Waals surface area (Å²) in [5.41, 5.74) is 1.55. The van der Waals surface area contributed by atoms with Crippen molar-refractivity contribution in [3.05, 3.63) is 119 Å². The number of rotatable bonds is 9. The SMILES string of the molecule is O=C(N[C@@H](Cc1cc(F)cc(F)c1)[C@H](O)CNCc1ccccc1)c1ccc(F)c2ccccc12. The van der Waals surface area contributed by atoms with Gasteiger partial charge in [0.1, 0.15) is 17.5 Å². The zero-order valence-electron chi connectivity index (χ0n) is 18.8. The van der Waals surface area contributed by atoms with Gasteiger partial charge in [-0.25, -0.2) is 13.2 Å². The normalized spacial score (nSPS) is 12.9. The van der Waals surface area contributed by atoms with E-state index in [9.17, 15) is 23.1 Å². The number of carbonyl (C=O) groups excluding carboxylic acids is 1. The number of nitrogens with one attached hydrogen (secondary N) is 2. The number of fused-ring (bicyclic) bond motifs is 1. The highest BCUT2D eigenvalue weighted by Gasteiger charge is 2.24. The summed E-state index contributed by atoms with van der Waals surface area (Å²) >= 11 is 0. The van der Waals surface area contributed by atoms with Crippen molar-refractivity contribution in [1.82, 2.24) is 10.6 Å². The van der Waals surface area contributed by atoms with Crippen molar-refractivity contribution in [3.8, 4) is 0 Å². The van der Waals surface area contributed by atoms with E-state index in [1.54, 1.807) is 24.3 Å². The van der Waals surface area contributed by atoms with Gasteiger partial charge in [0.2, 0.25) is 0 Å². The molecule has 0 saturated heterocycles. The van der Waals surface area contributed by atoms with Crippen LogP contribution in [0.15, 0.2) is 84.9 Å². The Kier molecular flexibility index (Phi) is 7.80. The van der Waals surface area contributed by atoms with E-state index in [2.05, 4.69) is 10.6 Å². The van der Waals surface area contributed by atoms with Crippen LogP contribution in [0.3, 0.4) is 0 Å². The van der Waals surface area contributed by atoms with Crippen molar-refractivity contribution >= 4 is 16.7 Å². The monoisotopic (exact) mass is 478 g/mol. The first-order chi connectivity index (χ1) is 16.9. The first-order valence-electron chi connectivity index (χ1n) is 11.3. The Morgan fingerprint density at radius 2 is 1.46 bits per heavy atom. The van der Waals surface area contributed by atoms with Gasteiger partial charge in [-0.1, -0.05) is 54.6 Å². The Balaban J connectivity index is 1.54. The number of amides is 1. The maximum absolute atomic E-state index is 14.2. The van der Waals surface area contributed by atoms with Crippen molar-refractivity contribution in [2.75, 3.05) is 6.54 Å². The summed E-state index contributed by atoms with van der Waals surface area (Å²) in [4.78, 5) is 13.2. The van der Waals surface area contributed by atoms with Crippen molar-refractivity contribution in [3.63, 3.8) is 0 Å². The van der Waals surface area contributed by atoms with Crippen LogP contribution in [-0.4, -0.2) is 29.7 Å². The molecule has 4 aromatic rings. The minimum absolute atomic E-state index is 0.00622. The third-order valence-corrected chi connectivity index (χ3v) is 5.80. The van der Waals surface area contributed by atoms with Gasteiger partial charge >= 0.3 is 0 Å². The Morgan fingerprint density at radius 1 is 0.800 bits per heavy atom. The van der Waals surface area contributed by atoms with Gasteiger partial charge < -0.3 is 15.7 Å². The van der Waals surface area contributed by atoms with E-state index < -0.39 is 35.5 Å². The standard InChI is InChI=1S/C28H25F3N2O2/c29-20-12-19(13-21(30)15-20)14-26(27(34)17-32-16-18-6-2-1-3-7-18)33-28(35)24-10-11-25(31)23-9-5-4-8-22(23)24/h1-13,15,26-27,32,34H,14,16-17H2,(H,33,35)/t26-,27+/m0/s1. The lowest BCUT2D eigenvalue weighted by Gasteiger charge is -2.25. The van der Waals surface area contributed by atoms with Crippen LogP contribution >= 0.6 is 0 Å². The topological polar surface area (TPSA) is 61.4 Å². The lowest BCUT2D eigenvalue weighted by molar-refractivity contribution is 0.0831. The van der Waals surface area contributed by atoms with E-state index in [0.29, 0.717) is 22.9 Å². The van der Waals surface area contributed by atoms with Gasteiger partial charge in [0.15, 0.2) is 0 Å². The Bertz CT molecular complexity index is 1290. The lowest BCUT2D eigenvalue weighted by atomic mass is 9.99. The molecule has 0 aromatic heterocycles. The first kappa shape index (κ1) is 24.4. The number of halogens is 3. The highest BCUT2D eigenvalue weighted by Crippen LogP contribution is 2.22. The molecular weight excluding hydrogens is 453 g/mol. The Hall–Kier alpha value is -3.68. The molecule has 0 aliphatic heterocycles. The molecule has 0 spiro atoms. The number of aliphatic hydroxyl groups is 1. The summed E-state index contributed by atoms with van der Waals surface area (Å²) in [6, 6.07) is 21.0. The zero-order valence-corrected chi connectivity index (χ0v) is 18.8. The second kappa shape index (κ2) is 11.2. The Morgan fingerprint density at radius 3 is 2.17 bits per heavy atom. The highest BCUT2D eigenvalue weighted by atomic mass is 19.1. The Labute approximate surface area is 201 Å². The van der Waals surface area contributed by atoms with Crippen molar-refractivity contribution in [2.45, 2.75) is 25.1 Å². The highest BCUT2D eigenvalue weighted by molar-refractivity contribution is 6.07. The number of aliphatic hydroxyl groups excluding tert-OH is 1. The summed E-state index contributed by atoms with van der Waals surface area (Å²) in [6.45, 7) is 0.623. The second-order valence-corrected chi connectivity index (χ2v) is 8.39. The fourth-order valence-corrected chi connectivity index (χ4v) is 4.07. The molecule has 4 nitrogen and oxygen atoms in total. The van der Waals surface area contributed by atoms with Crippen molar-refractivity contribution in [2.24, 2.45) is 0 Å². The molecule has 0 unspecified atom stereocenters. The molecule has 4 aromatic carbocycles. The smallest absolute Gasteiger partial charge is 0.252 e. The third-order valence-electron chi connectivity index (χ3n) is 5.80. The first-order valence-corrected chi connectivity index (χ1v) is 11.3. The fraction of sp³-hybridized carbons (Fsp3) is 0.179. The second-order valence-electron chi connectivity index (χ2n) is 8.39. The molecule has 180 valence electrons. The van der Waals surface area contributed by atoms with E-state index in [0.717, 1.165) is 11.6 Å². The van der Waals surface area contributed by atoms with Gasteiger partial charge in [-0.15, -0.1) is 0 Å². The summed E-state index contributed by atoms with van der Waals surface area (Å²) < 4.78 is 41.8. The van der Waals surface area contributed by atoms with Gasteiger partial charge in [-0.3, -0.25) is 4.79 Å². The van der Waals surface area contributed by atoms with Crippen LogP contribution in [0.2, 0.25) is 0 Å². The van der Waals surface area contributed by atoms with E-state index in [1.165, 1.54) is 24.3 Å². The molecule has 0 aliphatic carbocycles. The zero-order chi connectivity index (χ0) is 24.8. The van der Waals surface area contributed by atoms with E-state index in [4.69, 9.17) is 0 Å². The fourth-order valence-electron chi connectivity index (χ4n) is 4.07. The molecule has 35 heavy (non-hydrogen) atoms. The molecule has 0 aliphatic rings.